The summed E-state index contributed by atoms with van der Waals surface area (Å²) < 4.78 is 6.00. The van der Waals surface area contributed by atoms with Crippen molar-refractivity contribution in [1.82, 2.24) is 4.90 Å². The molecule has 0 aliphatic carbocycles. The van der Waals surface area contributed by atoms with Crippen molar-refractivity contribution in [2.45, 2.75) is 18.5 Å². The molecule has 2 aliphatic rings. The average Bonchev–Trinajstić information content (AvgIpc) is 2.96. The number of benzene rings is 2. The van der Waals surface area contributed by atoms with Gasteiger partial charge in [-0.15, -0.1) is 0 Å². The molecule has 2 heterocycles. The molecule has 6 heteroatoms. The van der Waals surface area contributed by atoms with E-state index in [4.69, 9.17) is 10.5 Å². The van der Waals surface area contributed by atoms with Crippen LogP contribution >= 0.6 is 0 Å². The number of primary amides is 1. The van der Waals surface area contributed by atoms with Gasteiger partial charge in [0.15, 0.2) is 0 Å². The van der Waals surface area contributed by atoms with E-state index < -0.39 is 17.5 Å². The Morgan fingerprint density at radius 1 is 1.16 bits per heavy atom. The molecule has 6 nitrogen and oxygen atoms in total. The first-order valence-electron chi connectivity index (χ1n) is 8.22. The van der Waals surface area contributed by atoms with E-state index in [0.717, 1.165) is 5.56 Å². The molecule has 2 N–H and O–H groups in total. The van der Waals surface area contributed by atoms with Crippen LogP contribution in [0.2, 0.25) is 0 Å². The Balaban J connectivity index is 1.89. The molecule has 128 valence electrons. The third kappa shape index (κ3) is 2.17. The van der Waals surface area contributed by atoms with Crippen LogP contribution in [0, 0.1) is 0 Å². The Hall–Kier alpha value is -3.02. The second-order valence-electron chi connectivity index (χ2n) is 6.48. The number of carbonyl (C=O) groups is 2. The predicted octanol–water partition coefficient (Wildman–Crippen LogP) is 2.09. The first-order valence-corrected chi connectivity index (χ1v) is 8.22. The Labute approximate surface area is 145 Å². The summed E-state index contributed by atoms with van der Waals surface area (Å²) in [6.45, 7) is 2.32. The fourth-order valence-corrected chi connectivity index (χ4v) is 3.64. The lowest BCUT2D eigenvalue weighted by Crippen LogP contribution is -2.51. The highest BCUT2D eigenvalue weighted by molar-refractivity contribution is 6.01. The average molecular weight is 337 g/mol. The maximum Gasteiger partial charge on any atom is 0.326 e. The number of para-hydroxylation sites is 2. The number of carbonyl (C=O) groups excluding carboxylic acids is 2. The lowest BCUT2D eigenvalue weighted by Gasteiger charge is -2.41. The number of nitrogens with zero attached hydrogens (tertiary/aromatic N) is 2. The van der Waals surface area contributed by atoms with E-state index in [1.165, 1.54) is 4.90 Å². The van der Waals surface area contributed by atoms with Gasteiger partial charge in [-0.3, -0.25) is 9.69 Å². The van der Waals surface area contributed by atoms with E-state index in [2.05, 4.69) is 0 Å². The molecule has 0 aromatic heterocycles. The summed E-state index contributed by atoms with van der Waals surface area (Å²) in [6.07, 6.45) is 0. The van der Waals surface area contributed by atoms with Crippen molar-refractivity contribution in [2.75, 3.05) is 18.1 Å². The van der Waals surface area contributed by atoms with Crippen molar-refractivity contribution in [3.63, 3.8) is 0 Å². The van der Waals surface area contributed by atoms with Crippen LogP contribution in [0.1, 0.15) is 12.5 Å². The molecule has 2 aromatic carbocycles. The number of anilines is 1. The molecule has 0 radical (unpaired) electrons. The largest absolute Gasteiger partial charge is 0.488 e. The Bertz CT molecular complexity index is 839. The zero-order valence-corrected chi connectivity index (χ0v) is 13.9. The lowest BCUT2D eigenvalue weighted by atomic mass is 9.88. The van der Waals surface area contributed by atoms with Gasteiger partial charge in [-0.25, -0.2) is 4.79 Å². The Morgan fingerprint density at radius 3 is 2.56 bits per heavy atom. The van der Waals surface area contributed by atoms with E-state index in [1.807, 2.05) is 54.6 Å². The Kier molecular flexibility index (Phi) is 3.42. The molecule has 1 fully saturated rings. The molecular weight excluding hydrogens is 318 g/mol. The normalized spacial score (nSPS) is 22.8. The van der Waals surface area contributed by atoms with Crippen molar-refractivity contribution in [3.8, 4) is 5.75 Å². The second kappa shape index (κ2) is 5.51. The van der Waals surface area contributed by atoms with Crippen molar-refractivity contribution in [2.24, 2.45) is 5.73 Å². The van der Waals surface area contributed by atoms with E-state index in [-0.39, 0.29) is 6.03 Å². The number of urea groups is 1. The molecule has 2 unspecified atom stereocenters. The van der Waals surface area contributed by atoms with Gasteiger partial charge in [0, 0.05) is 0 Å². The molecule has 0 bridgehead atoms. The van der Waals surface area contributed by atoms with Gasteiger partial charge in [-0.2, -0.15) is 0 Å². The molecule has 0 saturated carbocycles. The van der Waals surface area contributed by atoms with Crippen molar-refractivity contribution in [1.29, 1.82) is 0 Å². The van der Waals surface area contributed by atoms with Crippen LogP contribution in [0.15, 0.2) is 54.6 Å². The molecular formula is C19H19N3O3. The minimum absolute atomic E-state index is 0.231. The molecule has 25 heavy (non-hydrogen) atoms. The summed E-state index contributed by atoms with van der Waals surface area (Å²) in [5, 5.41) is 0. The number of rotatable bonds is 3. The van der Waals surface area contributed by atoms with Crippen LogP contribution in [0.4, 0.5) is 10.5 Å². The summed E-state index contributed by atoms with van der Waals surface area (Å²) in [4.78, 5) is 28.2. The molecule has 0 spiro atoms. The quantitative estimate of drug-likeness (QED) is 0.932. The van der Waals surface area contributed by atoms with Crippen LogP contribution in [0.5, 0.6) is 5.75 Å². The highest BCUT2D eigenvalue weighted by Crippen LogP contribution is 2.47. The summed E-state index contributed by atoms with van der Waals surface area (Å²) in [5.74, 6) is 0.140. The fraction of sp³-hybridized carbons (Fsp3) is 0.263. The van der Waals surface area contributed by atoms with Crippen molar-refractivity contribution in [3.05, 3.63) is 60.2 Å². The van der Waals surface area contributed by atoms with Gasteiger partial charge in [0.1, 0.15) is 23.9 Å². The van der Waals surface area contributed by atoms with Gasteiger partial charge < -0.3 is 15.4 Å². The number of fused-ring (bicyclic) bond motifs is 3. The van der Waals surface area contributed by atoms with Gasteiger partial charge in [0.2, 0.25) is 5.91 Å². The highest BCUT2D eigenvalue weighted by atomic mass is 16.5. The summed E-state index contributed by atoms with van der Waals surface area (Å²) in [5.41, 5.74) is 6.46. The number of hydrogen-bond acceptors (Lipinski definition) is 3. The van der Waals surface area contributed by atoms with Crippen LogP contribution in [0.25, 0.3) is 0 Å². The second-order valence-corrected chi connectivity index (χ2v) is 6.48. The molecule has 1 saturated heterocycles. The number of nitrogens with two attached hydrogens (primary N) is 1. The molecule has 2 aromatic rings. The summed E-state index contributed by atoms with van der Waals surface area (Å²) in [6, 6.07) is 16.3. The number of hydrogen-bond donors (Lipinski definition) is 1. The van der Waals surface area contributed by atoms with Crippen LogP contribution in [-0.4, -0.2) is 36.0 Å². The summed E-state index contributed by atoms with van der Waals surface area (Å²) in [7, 11) is 0. The molecule has 2 aliphatic heterocycles. The van der Waals surface area contributed by atoms with Crippen LogP contribution in [-0.2, 0) is 10.3 Å². The minimum atomic E-state index is -0.689. The van der Waals surface area contributed by atoms with Gasteiger partial charge in [-0.1, -0.05) is 42.5 Å². The maximum atomic E-state index is 13.2. The number of ether oxygens (including phenoxy) is 1. The zero-order valence-electron chi connectivity index (χ0n) is 13.9. The number of amides is 3. The molecule has 3 amide bonds. The first-order chi connectivity index (χ1) is 12.0. The van der Waals surface area contributed by atoms with Gasteiger partial charge in [0.05, 0.1) is 12.2 Å². The van der Waals surface area contributed by atoms with Crippen molar-refractivity contribution >= 4 is 17.6 Å². The van der Waals surface area contributed by atoms with E-state index >= 15 is 0 Å². The fourth-order valence-electron chi connectivity index (χ4n) is 3.64. The first kappa shape index (κ1) is 15.5. The third-order valence-corrected chi connectivity index (χ3v) is 5.06. The highest BCUT2D eigenvalue weighted by Gasteiger charge is 2.56. The SMILES string of the molecule is CC(C(N)=O)N1CC2(c3ccccc3)COc3ccccc3N2C1=O. The standard InChI is InChI=1S/C19H19N3O3/c1-13(17(20)23)21-11-19(14-7-3-2-4-8-14)12-25-16-10-6-5-9-15(16)22(19)18(21)24/h2-10,13H,11-12H2,1H3,(H2,20,23). The minimum Gasteiger partial charge on any atom is -0.488 e. The third-order valence-electron chi connectivity index (χ3n) is 5.06. The maximum absolute atomic E-state index is 13.2. The smallest absolute Gasteiger partial charge is 0.326 e. The van der Waals surface area contributed by atoms with Gasteiger partial charge in [0.25, 0.3) is 0 Å². The zero-order chi connectivity index (χ0) is 17.6. The van der Waals surface area contributed by atoms with E-state index in [1.54, 1.807) is 11.8 Å². The summed E-state index contributed by atoms with van der Waals surface area (Å²) >= 11 is 0. The predicted molar refractivity (Wildman–Crippen MR) is 93.3 cm³/mol. The monoisotopic (exact) mass is 337 g/mol. The van der Waals surface area contributed by atoms with Gasteiger partial charge >= 0.3 is 6.03 Å². The van der Waals surface area contributed by atoms with E-state index in [9.17, 15) is 9.59 Å². The van der Waals surface area contributed by atoms with E-state index in [0.29, 0.717) is 24.6 Å². The molecule has 2 atom stereocenters. The van der Waals surface area contributed by atoms with Crippen molar-refractivity contribution < 1.29 is 14.3 Å². The lowest BCUT2D eigenvalue weighted by molar-refractivity contribution is -0.121. The van der Waals surface area contributed by atoms with Crippen LogP contribution in [0.3, 0.4) is 0 Å². The van der Waals surface area contributed by atoms with Gasteiger partial charge in [-0.05, 0) is 24.6 Å². The molecule has 4 rings (SSSR count). The topological polar surface area (TPSA) is 75.9 Å². The van der Waals surface area contributed by atoms with Crippen LogP contribution < -0.4 is 15.4 Å². The Morgan fingerprint density at radius 2 is 1.84 bits per heavy atom.